The molecule has 0 radical (unpaired) electrons. The second-order valence-corrected chi connectivity index (χ2v) is 8.03. The van der Waals surface area contributed by atoms with Crippen LogP contribution in [0, 0.1) is 17.2 Å². The van der Waals surface area contributed by atoms with E-state index in [0.717, 1.165) is 5.56 Å². The molecule has 1 saturated carbocycles. The largest absolute Gasteiger partial charge is 0.263 e. The maximum atomic E-state index is 12.3. The summed E-state index contributed by atoms with van der Waals surface area (Å²) >= 11 is 0. The molecule has 1 fully saturated rings. The van der Waals surface area contributed by atoms with Crippen LogP contribution in [0.1, 0.15) is 36.5 Å². The maximum absolute atomic E-state index is 12.3. The van der Waals surface area contributed by atoms with Crippen molar-refractivity contribution in [1.29, 1.82) is 5.26 Å². The van der Waals surface area contributed by atoms with E-state index in [-0.39, 0.29) is 12.5 Å². The second kappa shape index (κ2) is 7.11. The lowest BCUT2D eigenvalue weighted by molar-refractivity contribution is 0.560. The number of hydrogen-bond donors (Lipinski definition) is 2. The maximum Gasteiger partial charge on any atom is 0.214 e. The highest BCUT2D eigenvalue weighted by molar-refractivity contribution is 7.90. The Hall–Kier alpha value is -2.24. The van der Waals surface area contributed by atoms with Gasteiger partial charge in [0.25, 0.3) is 0 Å². The predicted molar refractivity (Wildman–Crippen MR) is 88.1 cm³/mol. The first-order valence-electron chi connectivity index (χ1n) is 7.89. The van der Waals surface area contributed by atoms with Crippen molar-refractivity contribution in [2.24, 2.45) is 5.92 Å². The minimum absolute atomic E-state index is 0.0569. The molecule has 1 aromatic carbocycles. The Morgan fingerprint density at radius 1 is 1.29 bits per heavy atom. The van der Waals surface area contributed by atoms with E-state index in [1.807, 2.05) is 30.3 Å². The van der Waals surface area contributed by atoms with Crippen molar-refractivity contribution in [1.82, 2.24) is 19.9 Å². The van der Waals surface area contributed by atoms with Gasteiger partial charge in [0.15, 0.2) is 5.82 Å². The first-order valence-corrected chi connectivity index (χ1v) is 9.43. The number of aromatic amines is 1. The second-order valence-electron chi connectivity index (χ2n) is 5.99. The first kappa shape index (κ1) is 16.6. The Morgan fingerprint density at radius 3 is 2.79 bits per heavy atom. The molecular weight excluding hydrogens is 326 g/mol. The Kier molecular flexibility index (Phi) is 4.92. The van der Waals surface area contributed by atoms with E-state index < -0.39 is 15.3 Å². The molecule has 2 N–H and O–H groups in total. The highest BCUT2D eigenvalue weighted by Gasteiger charge is 2.34. The smallest absolute Gasteiger partial charge is 0.214 e. The third kappa shape index (κ3) is 3.99. The van der Waals surface area contributed by atoms with Gasteiger partial charge in [0, 0.05) is 12.3 Å². The van der Waals surface area contributed by atoms with Gasteiger partial charge in [-0.1, -0.05) is 30.3 Å². The Morgan fingerprint density at radius 2 is 2.08 bits per heavy atom. The van der Waals surface area contributed by atoms with Crippen molar-refractivity contribution in [2.45, 2.75) is 37.5 Å². The molecule has 0 spiro atoms. The van der Waals surface area contributed by atoms with Crippen LogP contribution in [0.4, 0.5) is 0 Å². The van der Waals surface area contributed by atoms with Crippen LogP contribution in [0.15, 0.2) is 30.3 Å². The Bertz CT molecular complexity index is 826. The van der Waals surface area contributed by atoms with Gasteiger partial charge in [-0.05, 0) is 24.8 Å². The van der Waals surface area contributed by atoms with E-state index in [4.69, 9.17) is 5.26 Å². The number of rotatable bonds is 6. The van der Waals surface area contributed by atoms with Crippen molar-refractivity contribution < 1.29 is 8.42 Å². The zero-order valence-electron chi connectivity index (χ0n) is 13.1. The summed E-state index contributed by atoms with van der Waals surface area (Å²) in [6.45, 7) is 0.0569. The summed E-state index contributed by atoms with van der Waals surface area (Å²) in [5.74, 6) is 0.952. The SMILES string of the molecule is N#CC1CCC(S(=O)(=O)NCc2n[nH]c(Cc3ccccc3)n2)C1. The zero-order valence-corrected chi connectivity index (χ0v) is 14.0. The number of benzene rings is 1. The monoisotopic (exact) mass is 345 g/mol. The minimum atomic E-state index is -3.45. The van der Waals surface area contributed by atoms with Crippen molar-refractivity contribution >= 4 is 10.0 Å². The number of hydrogen-bond acceptors (Lipinski definition) is 5. The summed E-state index contributed by atoms with van der Waals surface area (Å²) in [7, 11) is -3.45. The molecule has 1 aliphatic rings. The molecule has 1 aromatic heterocycles. The van der Waals surface area contributed by atoms with Gasteiger partial charge in [0.2, 0.25) is 10.0 Å². The Labute approximate surface area is 141 Å². The highest BCUT2D eigenvalue weighted by atomic mass is 32.2. The van der Waals surface area contributed by atoms with Crippen molar-refractivity contribution in [3.05, 3.63) is 47.5 Å². The minimum Gasteiger partial charge on any atom is -0.263 e. The summed E-state index contributed by atoms with van der Waals surface area (Å²) in [6.07, 6.45) is 2.19. The molecular formula is C16H19N5O2S. The molecule has 0 aliphatic heterocycles. The van der Waals surface area contributed by atoms with E-state index in [1.165, 1.54) is 0 Å². The van der Waals surface area contributed by atoms with Gasteiger partial charge in [-0.2, -0.15) is 10.4 Å². The highest BCUT2D eigenvalue weighted by Crippen LogP contribution is 2.29. The fraction of sp³-hybridized carbons (Fsp3) is 0.438. The van der Waals surface area contributed by atoms with E-state index in [9.17, 15) is 8.42 Å². The summed E-state index contributed by atoms with van der Waals surface area (Å²) in [5.41, 5.74) is 1.11. The lowest BCUT2D eigenvalue weighted by atomic mass is 10.1. The number of nitriles is 1. The van der Waals surface area contributed by atoms with Crippen LogP contribution in [0.5, 0.6) is 0 Å². The Balaban J connectivity index is 1.56. The topological polar surface area (TPSA) is 112 Å². The summed E-state index contributed by atoms with van der Waals surface area (Å²) in [4.78, 5) is 4.32. The van der Waals surface area contributed by atoms with E-state index >= 15 is 0 Å². The normalized spacial score (nSPS) is 20.8. The van der Waals surface area contributed by atoms with Crippen molar-refractivity contribution in [2.75, 3.05) is 0 Å². The average Bonchev–Trinajstić information content (AvgIpc) is 3.23. The average molecular weight is 345 g/mol. The van der Waals surface area contributed by atoms with Gasteiger partial charge in [-0.15, -0.1) is 0 Å². The van der Waals surface area contributed by atoms with Crippen LogP contribution >= 0.6 is 0 Å². The predicted octanol–water partition coefficient (Wildman–Crippen LogP) is 1.51. The molecule has 1 aliphatic carbocycles. The van der Waals surface area contributed by atoms with Crippen LogP contribution in [0.2, 0.25) is 0 Å². The van der Waals surface area contributed by atoms with Crippen LogP contribution in [-0.4, -0.2) is 28.8 Å². The van der Waals surface area contributed by atoms with Crippen LogP contribution < -0.4 is 4.72 Å². The standard InChI is InChI=1S/C16H19N5O2S/c17-10-13-6-7-14(8-13)24(22,23)18-11-16-19-15(20-21-16)9-12-4-2-1-3-5-12/h1-5,13-14,18H,6-9,11H2,(H,19,20,21). The third-order valence-electron chi connectivity index (χ3n) is 4.23. The van der Waals surface area contributed by atoms with E-state index in [1.54, 1.807) is 0 Å². The fourth-order valence-electron chi connectivity index (χ4n) is 2.90. The summed E-state index contributed by atoms with van der Waals surface area (Å²) < 4.78 is 27.1. The van der Waals surface area contributed by atoms with Gasteiger partial charge in [0.05, 0.1) is 17.9 Å². The molecule has 2 unspecified atom stereocenters. The number of nitrogens with one attached hydrogen (secondary N) is 2. The lowest BCUT2D eigenvalue weighted by Gasteiger charge is -2.11. The van der Waals surface area contributed by atoms with Gasteiger partial charge >= 0.3 is 0 Å². The lowest BCUT2D eigenvalue weighted by Crippen LogP contribution is -2.32. The molecule has 2 aromatic rings. The van der Waals surface area contributed by atoms with Gasteiger partial charge in [0.1, 0.15) is 5.82 Å². The fourth-order valence-corrected chi connectivity index (χ4v) is 4.40. The van der Waals surface area contributed by atoms with E-state index in [0.29, 0.717) is 37.3 Å². The van der Waals surface area contributed by atoms with Crippen LogP contribution in [-0.2, 0) is 23.0 Å². The van der Waals surface area contributed by atoms with Crippen molar-refractivity contribution in [3.63, 3.8) is 0 Å². The molecule has 1 heterocycles. The van der Waals surface area contributed by atoms with Gasteiger partial charge < -0.3 is 0 Å². The number of sulfonamides is 1. The van der Waals surface area contributed by atoms with Gasteiger partial charge in [-0.3, -0.25) is 5.10 Å². The zero-order chi connectivity index (χ0) is 17.0. The summed E-state index contributed by atoms with van der Waals surface area (Å²) in [5, 5.41) is 15.3. The molecule has 0 saturated heterocycles. The number of nitrogens with zero attached hydrogens (tertiary/aromatic N) is 3. The number of H-pyrrole nitrogens is 1. The molecule has 2 atom stereocenters. The first-order chi connectivity index (χ1) is 11.6. The van der Waals surface area contributed by atoms with Crippen LogP contribution in [0.25, 0.3) is 0 Å². The summed E-state index contributed by atoms with van der Waals surface area (Å²) in [6, 6.07) is 12.0. The van der Waals surface area contributed by atoms with Crippen LogP contribution in [0.3, 0.4) is 0 Å². The molecule has 7 nitrogen and oxygen atoms in total. The quantitative estimate of drug-likeness (QED) is 0.824. The number of aromatic nitrogens is 3. The molecule has 24 heavy (non-hydrogen) atoms. The molecule has 0 amide bonds. The third-order valence-corrected chi connectivity index (χ3v) is 6.08. The molecule has 3 rings (SSSR count). The van der Waals surface area contributed by atoms with Crippen molar-refractivity contribution in [3.8, 4) is 6.07 Å². The molecule has 8 heteroatoms. The van der Waals surface area contributed by atoms with Gasteiger partial charge in [-0.25, -0.2) is 18.1 Å². The van der Waals surface area contributed by atoms with E-state index in [2.05, 4.69) is 26.0 Å². The molecule has 126 valence electrons. The molecule has 0 bridgehead atoms.